The average molecular weight is 336 g/mol. The highest BCUT2D eigenvalue weighted by molar-refractivity contribution is 6.11. The summed E-state index contributed by atoms with van der Waals surface area (Å²) in [7, 11) is 4.08. The molecular weight excluding hydrogens is 312 g/mol. The van der Waals surface area contributed by atoms with E-state index in [0.717, 1.165) is 24.1 Å². The van der Waals surface area contributed by atoms with E-state index in [2.05, 4.69) is 20.5 Å². The Balaban J connectivity index is 1.91. The predicted molar refractivity (Wildman–Crippen MR) is 100 cm³/mol. The van der Waals surface area contributed by atoms with Gasteiger partial charge in [-0.25, -0.2) is 0 Å². The van der Waals surface area contributed by atoms with Gasteiger partial charge in [0, 0.05) is 6.54 Å². The molecule has 0 bridgehead atoms. The molecule has 0 atom stereocenters. The monoisotopic (exact) mass is 336 g/mol. The standard InChI is InChI=1S/C20H24N4O/c1-24(2)15-9-14-21-19-22-18(25)20(23-19,16-10-5-3-6-11-16)17-12-7-4-8-13-17/h3-8,10-13H,9,14-15H2,1-2H3,(H2,21,22,23,25). The van der Waals surface area contributed by atoms with Gasteiger partial charge in [0.15, 0.2) is 11.5 Å². The van der Waals surface area contributed by atoms with Gasteiger partial charge >= 0.3 is 0 Å². The summed E-state index contributed by atoms with van der Waals surface area (Å²) in [4.78, 5) is 19.6. The molecule has 1 aliphatic rings. The molecule has 2 N–H and O–H groups in total. The van der Waals surface area contributed by atoms with Crippen molar-refractivity contribution in [3.05, 3.63) is 71.8 Å². The summed E-state index contributed by atoms with van der Waals surface area (Å²) in [6, 6.07) is 19.5. The molecule has 1 fully saturated rings. The molecule has 0 aromatic heterocycles. The third kappa shape index (κ3) is 3.56. The minimum Gasteiger partial charge on any atom is -0.334 e. The van der Waals surface area contributed by atoms with Crippen LogP contribution in [0, 0.1) is 0 Å². The molecule has 0 unspecified atom stereocenters. The Kier molecular flexibility index (Phi) is 5.14. The number of guanidine groups is 1. The average Bonchev–Trinajstić information content (AvgIpc) is 2.97. The zero-order valence-electron chi connectivity index (χ0n) is 14.7. The maximum Gasteiger partial charge on any atom is 0.261 e. The number of benzene rings is 2. The molecule has 0 spiro atoms. The van der Waals surface area contributed by atoms with E-state index in [-0.39, 0.29) is 5.91 Å². The zero-order chi connectivity index (χ0) is 17.7. The molecule has 130 valence electrons. The van der Waals surface area contributed by atoms with E-state index in [4.69, 9.17) is 0 Å². The highest BCUT2D eigenvalue weighted by Crippen LogP contribution is 2.32. The third-order valence-corrected chi connectivity index (χ3v) is 4.33. The third-order valence-electron chi connectivity index (χ3n) is 4.33. The van der Waals surface area contributed by atoms with E-state index in [0.29, 0.717) is 12.5 Å². The first-order chi connectivity index (χ1) is 12.1. The summed E-state index contributed by atoms with van der Waals surface area (Å²) >= 11 is 0. The van der Waals surface area contributed by atoms with Crippen LogP contribution in [0.15, 0.2) is 65.7 Å². The van der Waals surface area contributed by atoms with Crippen LogP contribution in [0.1, 0.15) is 17.5 Å². The van der Waals surface area contributed by atoms with Gasteiger partial charge in [0.05, 0.1) is 0 Å². The fourth-order valence-electron chi connectivity index (χ4n) is 3.07. The van der Waals surface area contributed by atoms with Crippen molar-refractivity contribution in [3.8, 4) is 0 Å². The Morgan fingerprint density at radius 3 is 2.04 bits per heavy atom. The number of aliphatic imine (C=N–C) groups is 1. The van der Waals surface area contributed by atoms with Crippen LogP contribution < -0.4 is 10.6 Å². The number of carbonyl (C=O) groups is 1. The molecule has 0 radical (unpaired) electrons. The van der Waals surface area contributed by atoms with Crippen LogP contribution >= 0.6 is 0 Å². The highest BCUT2D eigenvalue weighted by atomic mass is 16.2. The van der Waals surface area contributed by atoms with Crippen LogP contribution in [0.3, 0.4) is 0 Å². The first kappa shape index (κ1) is 17.2. The van der Waals surface area contributed by atoms with E-state index in [1.807, 2.05) is 74.8 Å². The molecule has 1 saturated heterocycles. The lowest BCUT2D eigenvalue weighted by Crippen LogP contribution is -2.45. The van der Waals surface area contributed by atoms with Crippen molar-refractivity contribution in [2.45, 2.75) is 12.0 Å². The zero-order valence-corrected chi connectivity index (χ0v) is 14.7. The fourth-order valence-corrected chi connectivity index (χ4v) is 3.07. The minimum absolute atomic E-state index is 0.101. The molecule has 3 rings (SSSR count). The molecule has 0 saturated carbocycles. The summed E-state index contributed by atoms with van der Waals surface area (Å²) in [5.41, 5.74) is 0.859. The molecule has 5 nitrogen and oxygen atoms in total. The number of amides is 1. The lowest BCUT2D eigenvalue weighted by molar-refractivity contribution is -0.122. The van der Waals surface area contributed by atoms with Crippen LogP contribution in [0.25, 0.3) is 0 Å². The van der Waals surface area contributed by atoms with Gasteiger partial charge in [0.25, 0.3) is 5.91 Å². The van der Waals surface area contributed by atoms with Crippen molar-refractivity contribution in [3.63, 3.8) is 0 Å². The van der Waals surface area contributed by atoms with Gasteiger partial charge in [-0.1, -0.05) is 60.7 Å². The van der Waals surface area contributed by atoms with Crippen LogP contribution in [0.2, 0.25) is 0 Å². The molecule has 1 amide bonds. The van der Waals surface area contributed by atoms with Crippen molar-refractivity contribution in [2.75, 3.05) is 27.2 Å². The summed E-state index contributed by atoms with van der Waals surface area (Å²) in [6.45, 7) is 1.63. The second-order valence-electron chi connectivity index (χ2n) is 6.45. The second-order valence-corrected chi connectivity index (χ2v) is 6.45. The van der Waals surface area contributed by atoms with Gasteiger partial charge in [-0.05, 0) is 38.2 Å². The van der Waals surface area contributed by atoms with Crippen LogP contribution in [0.4, 0.5) is 0 Å². The molecule has 2 aromatic rings. The summed E-state index contributed by atoms with van der Waals surface area (Å²) < 4.78 is 0. The summed E-state index contributed by atoms with van der Waals surface area (Å²) in [5.74, 6) is 0.438. The lowest BCUT2D eigenvalue weighted by Gasteiger charge is -2.27. The van der Waals surface area contributed by atoms with Crippen LogP contribution in [-0.4, -0.2) is 44.0 Å². The first-order valence-electron chi connectivity index (χ1n) is 8.53. The topological polar surface area (TPSA) is 56.7 Å². The summed E-state index contributed by atoms with van der Waals surface area (Å²) in [5, 5.41) is 6.27. The van der Waals surface area contributed by atoms with Crippen molar-refractivity contribution >= 4 is 11.9 Å². The Hall–Kier alpha value is -2.66. The largest absolute Gasteiger partial charge is 0.334 e. The SMILES string of the molecule is CN(C)CCCN=C1NC(=O)C(c2ccccc2)(c2ccccc2)N1. The smallest absolute Gasteiger partial charge is 0.261 e. The Bertz CT molecular complexity index is 701. The number of rotatable bonds is 6. The highest BCUT2D eigenvalue weighted by Gasteiger charge is 2.48. The van der Waals surface area contributed by atoms with E-state index < -0.39 is 5.54 Å². The van der Waals surface area contributed by atoms with Gasteiger partial charge in [-0.3, -0.25) is 15.1 Å². The minimum atomic E-state index is -0.942. The maximum atomic E-state index is 13.0. The molecule has 2 aromatic carbocycles. The van der Waals surface area contributed by atoms with Crippen LogP contribution in [-0.2, 0) is 10.3 Å². The van der Waals surface area contributed by atoms with Gasteiger partial charge in [0.1, 0.15) is 0 Å². The van der Waals surface area contributed by atoms with Gasteiger partial charge in [-0.2, -0.15) is 0 Å². The molecule has 5 heteroatoms. The van der Waals surface area contributed by atoms with E-state index in [9.17, 15) is 4.79 Å². The van der Waals surface area contributed by atoms with Gasteiger partial charge in [0.2, 0.25) is 0 Å². The number of nitrogens with one attached hydrogen (secondary N) is 2. The lowest BCUT2D eigenvalue weighted by atomic mass is 9.83. The predicted octanol–water partition coefficient (Wildman–Crippen LogP) is 1.96. The Labute approximate surface area is 148 Å². The van der Waals surface area contributed by atoms with E-state index in [1.54, 1.807) is 0 Å². The first-order valence-corrected chi connectivity index (χ1v) is 8.53. The number of hydrogen-bond acceptors (Lipinski definition) is 3. The summed E-state index contributed by atoms with van der Waals surface area (Å²) in [6.07, 6.45) is 0.942. The molecule has 1 heterocycles. The number of nitrogens with zero attached hydrogens (tertiary/aromatic N) is 2. The quantitative estimate of drug-likeness (QED) is 0.793. The maximum absolute atomic E-state index is 13.0. The second kappa shape index (κ2) is 7.49. The fraction of sp³-hybridized carbons (Fsp3) is 0.300. The Morgan fingerprint density at radius 2 is 1.52 bits per heavy atom. The van der Waals surface area contributed by atoms with Crippen molar-refractivity contribution in [1.82, 2.24) is 15.5 Å². The van der Waals surface area contributed by atoms with E-state index >= 15 is 0 Å². The number of carbonyl (C=O) groups excluding carboxylic acids is 1. The molecule has 1 aliphatic heterocycles. The van der Waals surface area contributed by atoms with Gasteiger partial charge in [-0.15, -0.1) is 0 Å². The Morgan fingerprint density at radius 1 is 0.960 bits per heavy atom. The van der Waals surface area contributed by atoms with Gasteiger partial charge < -0.3 is 10.2 Å². The number of hydrogen-bond donors (Lipinski definition) is 2. The van der Waals surface area contributed by atoms with Crippen molar-refractivity contribution in [1.29, 1.82) is 0 Å². The molecule has 25 heavy (non-hydrogen) atoms. The normalized spacial score (nSPS) is 17.6. The van der Waals surface area contributed by atoms with Crippen molar-refractivity contribution < 1.29 is 4.79 Å². The van der Waals surface area contributed by atoms with Crippen molar-refractivity contribution in [2.24, 2.45) is 4.99 Å². The van der Waals surface area contributed by atoms with E-state index in [1.165, 1.54) is 0 Å². The molecule has 0 aliphatic carbocycles. The van der Waals surface area contributed by atoms with Crippen LogP contribution in [0.5, 0.6) is 0 Å². The molecular formula is C20H24N4O.